The van der Waals surface area contributed by atoms with Gasteiger partial charge < -0.3 is 16.0 Å². The second kappa shape index (κ2) is 4.24. The first kappa shape index (κ1) is 11.7. The molecule has 2 rings (SSSR count). The van der Waals surface area contributed by atoms with Crippen LogP contribution < -0.4 is 11.1 Å². The van der Waals surface area contributed by atoms with Crippen LogP contribution in [0.4, 0.5) is 4.79 Å². The molecule has 0 radical (unpaired) electrons. The van der Waals surface area contributed by atoms with E-state index >= 15 is 0 Å². The van der Waals surface area contributed by atoms with Gasteiger partial charge in [-0.1, -0.05) is 12.8 Å². The number of carbonyl (C=O) groups is 1. The second-order valence-corrected chi connectivity index (χ2v) is 5.97. The molecule has 0 spiro atoms. The van der Waals surface area contributed by atoms with Crippen LogP contribution in [0.25, 0.3) is 0 Å². The summed E-state index contributed by atoms with van der Waals surface area (Å²) in [5.74, 6) is 0.690. The molecule has 1 unspecified atom stereocenters. The Morgan fingerprint density at radius 3 is 2.62 bits per heavy atom. The van der Waals surface area contributed by atoms with Gasteiger partial charge in [0.15, 0.2) is 0 Å². The molecule has 1 saturated carbocycles. The lowest BCUT2D eigenvalue weighted by atomic mass is 9.98. The van der Waals surface area contributed by atoms with Crippen LogP contribution in [0.1, 0.15) is 39.5 Å². The highest BCUT2D eigenvalue weighted by Crippen LogP contribution is 2.30. The summed E-state index contributed by atoms with van der Waals surface area (Å²) < 4.78 is 0. The predicted molar refractivity (Wildman–Crippen MR) is 64.1 cm³/mol. The van der Waals surface area contributed by atoms with Crippen molar-refractivity contribution in [2.24, 2.45) is 11.7 Å². The van der Waals surface area contributed by atoms with Crippen LogP contribution in [0.2, 0.25) is 0 Å². The first-order valence-electron chi connectivity index (χ1n) is 6.30. The van der Waals surface area contributed by atoms with Gasteiger partial charge in [0.25, 0.3) is 0 Å². The van der Waals surface area contributed by atoms with Gasteiger partial charge in [-0.2, -0.15) is 0 Å². The molecule has 92 valence electrons. The maximum absolute atomic E-state index is 11.8. The van der Waals surface area contributed by atoms with Gasteiger partial charge in [-0.25, -0.2) is 4.79 Å². The van der Waals surface area contributed by atoms with Crippen molar-refractivity contribution in [3.8, 4) is 0 Å². The summed E-state index contributed by atoms with van der Waals surface area (Å²) in [4.78, 5) is 13.6. The van der Waals surface area contributed by atoms with E-state index in [0.717, 1.165) is 6.54 Å². The molecule has 0 aromatic heterocycles. The van der Waals surface area contributed by atoms with E-state index in [1.54, 1.807) is 0 Å². The van der Waals surface area contributed by atoms with E-state index in [9.17, 15) is 4.79 Å². The smallest absolute Gasteiger partial charge is 0.317 e. The quantitative estimate of drug-likeness (QED) is 0.761. The molecule has 16 heavy (non-hydrogen) atoms. The van der Waals surface area contributed by atoms with Crippen molar-refractivity contribution in [2.45, 2.75) is 51.1 Å². The molecule has 2 aliphatic rings. The zero-order chi connectivity index (χ0) is 11.8. The lowest BCUT2D eigenvalue weighted by molar-refractivity contribution is 0.207. The Balaban J connectivity index is 1.91. The number of urea groups is 1. The molecule has 0 bridgehead atoms. The van der Waals surface area contributed by atoms with Crippen molar-refractivity contribution in [2.75, 3.05) is 13.1 Å². The molecule has 1 heterocycles. The zero-order valence-corrected chi connectivity index (χ0v) is 10.3. The molecule has 3 N–H and O–H groups in total. The predicted octanol–water partition coefficient (Wildman–Crippen LogP) is 1.31. The number of rotatable bonds is 3. The van der Waals surface area contributed by atoms with Gasteiger partial charge in [0.2, 0.25) is 0 Å². The Morgan fingerprint density at radius 1 is 1.44 bits per heavy atom. The number of carbonyl (C=O) groups excluding carboxylic acids is 1. The summed E-state index contributed by atoms with van der Waals surface area (Å²) in [7, 11) is 0. The van der Waals surface area contributed by atoms with E-state index in [1.165, 1.54) is 25.7 Å². The fraction of sp³-hybridized carbons (Fsp3) is 0.917. The molecular weight excluding hydrogens is 202 g/mol. The van der Waals surface area contributed by atoms with Crippen LogP contribution >= 0.6 is 0 Å². The van der Waals surface area contributed by atoms with Crippen LogP contribution in [0.5, 0.6) is 0 Å². The molecule has 2 fully saturated rings. The summed E-state index contributed by atoms with van der Waals surface area (Å²) in [6, 6.07) is 0.424. The van der Waals surface area contributed by atoms with Crippen LogP contribution in [-0.4, -0.2) is 35.6 Å². The fourth-order valence-electron chi connectivity index (χ4n) is 2.87. The van der Waals surface area contributed by atoms with Crippen LogP contribution in [0.3, 0.4) is 0 Å². The van der Waals surface area contributed by atoms with Crippen LogP contribution in [0, 0.1) is 5.92 Å². The number of nitrogens with two attached hydrogens (primary N) is 1. The Labute approximate surface area is 97.6 Å². The molecule has 1 aliphatic carbocycles. The summed E-state index contributed by atoms with van der Waals surface area (Å²) in [6.45, 7) is 5.40. The van der Waals surface area contributed by atoms with Gasteiger partial charge in [-0.15, -0.1) is 0 Å². The highest BCUT2D eigenvalue weighted by Gasteiger charge is 2.36. The molecule has 0 aromatic rings. The summed E-state index contributed by atoms with van der Waals surface area (Å²) in [6.07, 6.45) is 5.18. The average Bonchev–Trinajstić information content (AvgIpc) is 2.73. The van der Waals surface area contributed by atoms with Gasteiger partial charge in [-0.3, -0.25) is 0 Å². The average molecular weight is 225 g/mol. The zero-order valence-electron chi connectivity index (χ0n) is 10.3. The molecule has 4 nitrogen and oxygen atoms in total. The number of hydrogen-bond acceptors (Lipinski definition) is 2. The van der Waals surface area contributed by atoms with E-state index in [-0.39, 0.29) is 11.6 Å². The standard InChI is InChI=1S/C12H23N3O/c1-12(2,13)8-15-7-10(14-11(15)16)9-5-3-4-6-9/h9-10H,3-8,13H2,1-2H3,(H,14,16). The fourth-order valence-corrected chi connectivity index (χ4v) is 2.87. The van der Waals surface area contributed by atoms with Crippen LogP contribution in [0.15, 0.2) is 0 Å². The minimum absolute atomic E-state index is 0.0652. The van der Waals surface area contributed by atoms with E-state index in [2.05, 4.69) is 5.32 Å². The number of nitrogens with one attached hydrogen (secondary N) is 1. The molecular formula is C12H23N3O. The minimum Gasteiger partial charge on any atom is -0.333 e. The summed E-state index contributed by atoms with van der Waals surface area (Å²) in [5, 5.41) is 3.10. The lowest BCUT2D eigenvalue weighted by Crippen LogP contribution is -2.46. The molecule has 0 aromatic carbocycles. The Kier molecular flexibility index (Phi) is 3.10. The number of amides is 2. The van der Waals surface area contributed by atoms with Gasteiger partial charge in [0.05, 0.1) is 6.04 Å². The van der Waals surface area contributed by atoms with E-state index < -0.39 is 0 Å². The minimum atomic E-state index is -0.304. The van der Waals surface area contributed by atoms with Crippen molar-refractivity contribution in [1.29, 1.82) is 0 Å². The number of nitrogens with zero attached hydrogens (tertiary/aromatic N) is 1. The first-order valence-corrected chi connectivity index (χ1v) is 6.30. The maximum atomic E-state index is 11.8. The molecule has 1 atom stereocenters. The van der Waals surface area contributed by atoms with Gasteiger partial charge >= 0.3 is 6.03 Å². The molecule has 4 heteroatoms. The third kappa shape index (κ3) is 2.67. The molecule has 2 amide bonds. The second-order valence-electron chi connectivity index (χ2n) is 5.97. The van der Waals surface area contributed by atoms with Crippen molar-refractivity contribution in [3.05, 3.63) is 0 Å². The van der Waals surface area contributed by atoms with Gasteiger partial charge in [0, 0.05) is 18.6 Å². The third-order valence-corrected chi connectivity index (χ3v) is 3.58. The number of hydrogen-bond donors (Lipinski definition) is 2. The largest absolute Gasteiger partial charge is 0.333 e. The first-order chi connectivity index (χ1) is 7.46. The molecule has 1 aliphatic heterocycles. The van der Waals surface area contributed by atoms with Gasteiger partial charge in [-0.05, 0) is 32.6 Å². The highest BCUT2D eigenvalue weighted by atomic mass is 16.2. The normalized spacial score (nSPS) is 27.6. The van der Waals surface area contributed by atoms with E-state index in [0.29, 0.717) is 18.5 Å². The van der Waals surface area contributed by atoms with E-state index in [4.69, 9.17) is 5.73 Å². The summed E-state index contributed by atoms with van der Waals surface area (Å²) >= 11 is 0. The Hall–Kier alpha value is -0.770. The highest BCUT2D eigenvalue weighted by molar-refractivity contribution is 5.77. The van der Waals surface area contributed by atoms with Crippen molar-refractivity contribution in [1.82, 2.24) is 10.2 Å². The van der Waals surface area contributed by atoms with E-state index in [1.807, 2.05) is 18.7 Å². The maximum Gasteiger partial charge on any atom is 0.317 e. The SMILES string of the molecule is CC(C)(N)CN1CC(C2CCCC2)NC1=O. The van der Waals surface area contributed by atoms with Crippen molar-refractivity contribution in [3.63, 3.8) is 0 Å². The third-order valence-electron chi connectivity index (χ3n) is 3.58. The lowest BCUT2D eigenvalue weighted by Gasteiger charge is -2.25. The summed E-state index contributed by atoms with van der Waals surface area (Å²) in [5.41, 5.74) is 5.65. The molecule has 1 saturated heterocycles. The van der Waals surface area contributed by atoms with Crippen molar-refractivity contribution < 1.29 is 4.79 Å². The van der Waals surface area contributed by atoms with Crippen LogP contribution in [-0.2, 0) is 0 Å². The monoisotopic (exact) mass is 225 g/mol. The van der Waals surface area contributed by atoms with Crippen molar-refractivity contribution >= 4 is 6.03 Å². The van der Waals surface area contributed by atoms with Gasteiger partial charge in [0.1, 0.15) is 0 Å². The Bertz CT molecular complexity index is 266. The topological polar surface area (TPSA) is 58.4 Å². The Morgan fingerprint density at radius 2 is 2.06 bits per heavy atom.